The van der Waals surface area contributed by atoms with Crippen LogP contribution in [0.25, 0.3) is 16.7 Å². The Labute approximate surface area is 250 Å². The Hall–Kier alpha value is -3.37. The van der Waals surface area contributed by atoms with Crippen LogP contribution in [-0.4, -0.2) is 61.8 Å². The summed E-state index contributed by atoms with van der Waals surface area (Å²) in [6.07, 6.45) is 2.19. The number of ether oxygens (including phenoxy) is 1. The first-order chi connectivity index (χ1) is 19.0. The standard InChI is InChI=1S/C30H29ClN2O6S.ClH/c1-19-14-24(20-8-6-11-22(15-20)40(2,37)38)25(31)16-23(19)27-28(35)30(39-29(27)36)12-7-13-33(18-30)17-26(34)32-21-9-4-3-5-10-21;/h3-6,8-11,14-16,35H,7,12-13,17-18H2,1-2H3,(H,32,34);1H. The molecule has 3 aromatic carbocycles. The van der Waals surface area contributed by atoms with E-state index >= 15 is 0 Å². The van der Waals surface area contributed by atoms with Gasteiger partial charge in [0.2, 0.25) is 5.91 Å². The van der Waals surface area contributed by atoms with Gasteiger partial charge in [-0.25, -0.2) is 13.2 Å². The molecule has 1 unspecified atom stereocenters. The molecule has 0 bridgehead atoms. The number of halogens is 2. The van der Waals surface area contributed by atoms with Gasteiger partial charge in [-0.05, 0) is 79.4 Å². The fourth-order valence-corrected chi connectivity index (χ4v) is 6.29. The van der Waals surface area contributed by atoms with Crippen molar-refractivity contribution in [2.75, 3.05) is 31.2 Å². The van der Waals surface area contributed by atoms with Gasteiger partial charge in [0.1, 0.15) is 5.57 Å². The molecule has 2 heterocycles. The number of piperidine rings is 1. The zero-order valence-electron chi connectivity index (χ0n) is 22.5. The van der Waals surface area contributed by atoms with Gasteiger partial charge < -0.3 is 15.2 Å². The molecular formula is C30H30Cl2N2O6S. The van der Waals surface area contributed by atoms with Gasteiger partial charge in [-0.2, -0.15) is 0 Å². The number of hydrogen-bond acceptors (Lipinski definition) is 7. The summed E-state index contributed by atoms with van der Waals surface area (Å²) < 4.78 is 29.9. The fraction of sp³-hybridized carbons (Fsp3) is 0.267. The molecule has 0 radical (unpaired) electrons. The predicted octanol–water partition coefficient (Wildman–Crippen LogP) is 5.44. The van der Waals surface area contributed by atoms with E-state index in [2.05, 4.69) is 5.32 Å². The van der Waals surface area contributed by atoms with Crippen LogP contribution in [0.5, 0.6) is 0 Å². The number of benzene rings is 3. The zero-order valence-corrected chi connectivity index (χ0v) is 24.9. The number of carbonyl (C=O) groups is 2. The molecule has 11 heteroatoms. The molecule has 1 atom stereocenters. The summed E-state index contributed by atoms with van der Waals surface area (Å²) in [5.41, 5.74) is 1.80. The molecule has 0 saturated carbocycles. The average Bonchev–Trinajstić information content (AvgIpc) is 3.13. The Morgan fingerprint density at radius 3 is 2.54 bits per heavy atom. The molecule has 2 N–H and O–H groups in total. The average molecular weight is 618 g/mol. The van der Waals surface area contributed by atoms with E-state index in [0.29, 0.717) is 52.4 Å². The first kappa shape index (κ1) is 30.6. The lowest BCUT2D eigenvalue weighted by atomic mass is 9.87. The molecule has 1 spiro atoms. The third-order valence-electron chi connectivity index (χ3n) is 7.28. The van der Waals surface area contributed by atoms with E-state index in [1.165, 1.54) is 6.07 Å². The highest BCUT2D eigenvalue weighted by atomic mass is 35.5. The minimum atomic E-state index is -3.41. The van der Waals surface area contributed by atoms with E-state index in [1.54, 1.807) is 49.4 Å². The second kappa shape index (κ2) is 11.9. The number of aliphatic hydroxyl groups is 1. The number of aryl methyl sites for hydroxylation is 1. The van der Waals surface area contributed by atoms with Crippen molar-refractivity contribution in [2.45, 2.75) is 30.3 Å². The molecule has 5 rings (SSSR count). The summed E-state index contributed by atoms with van der Waals surface area (Å²) >= 11 is 6.64. The van der Waals surface area contributed by atoms with Crippen LogP contribution in [0.4, 0.5) is 5.69 Å². The molecule has 2 aliphatic rings. The molecule has 41 heavy (non-hydrogen) atoms. The van der Waals surface area contributed by atoms with Crippen LogP contribution in [0, 0.1) is 6.92 Å². The third kappa shape index (κ3) is 6.28. The molecule has 1 saturated heterocycles. The summed E-state index contributed by atoms with van der Waals surface area (Å²) in [6.45, 7) is 2.67. The maximum absolute atomic E-state index is 13.2. The maximum Gasteiger partial charge on any atom is 0.343 e. The Morgan fingerprint density at radius 2 is 1.83 bits per heavy atom. The number of sulfone groups is 1. The maximum atomic E-state index is 13.2. The van der Waals surface area contributed by atoms with E-state index < -0.39 is 21.4 Å². The molecule has 3 aromatic rings. The van der Waals surface area contributed by atoms with Gasteiger partial charge in [0, 0.05) is 29.1 Å². The summed E-state index contributed by atoms with van der Waals surface area (Å²) in [6, 6.07) is 19.0. The smallest absolute Gasteiger partial charge is 0.343 e. The number of aliphatic hydroxyl groups excluding tert-OH is 1. The van der Waals surface area contributed by atoms with Crippen LogP contribution in [0.15, 0.2) is 77.4 Å². The lowest BCUT2D eigenvalue weighted by Gasteiger charge is -2.38. The highest BCUT2D eigenvalue weighted by Crippen LogP contribution is 2.44. The van der Waals surface area contributed by atoms with Crippen LogP contribution < -0.4 is 5.32 Å². The van der Waals surface area contributed by atoms with Crippen LogP contribution in [0.3, 0.4) is 0 Å². The van der Waals surface area contributed by atoms with Crippen molar-refractivity contribution in [3.05, 3.63) is 88.6 Å². The summed E-state index contributed by atoms with van der Waals surface area (Å²) in [5.74, 6) is -1.02. The number of rotatable bonds is 6. The summed E-state index contributed by atoms with van der Waals surface area (Å²) in [4.78, 5) is 27.8. The highest BCUT2D eigenvalue weighted by molar-refractivity contribution is 7.90. The van der Waals surface area contributed by atoms with Crippen molar-refractivity contribution in [3.63, 3.8) is 0 Å². The zero-order chi connectivity index (χ0) is 28.7. The first-order valence-corrected chi connectivity index (χ1v) is 15.1. The largest absolute Gasteiger partial charge is 0.507 e. The van der Waals surface area contributed by atoms with Crippen LogP contribution >= 0.6 is 24.0 Å². The number of esters is 1. The van der Waals surface area contributed by atoms with E-state index in [0.717, 1.165) is 6.26 Å². The minimum absolute atomic E-state index is 0. The third-order valence-corrected chi connectivity index (χ3v) is 8.70. The SMILES string of the molecule is Cc1cc(-c2cccc(S(C)(=O)=O)c2)c(Cl)cc1C1=C(O)C2(CCCN(CC(=O)Nc3ccccc3)C2)OC1=O.Cl. The van der Waals surface area contributed by atoms with Gasteiger partial charge in [-0.1, -0.05) is 41.9 Å². The second-order valence-corrected chi connectivity index (χ2v) is 12.7. The van der Waals surface area contributed by atoms with Gasteiger partial charge >= 0.3 is 5.97 Å². The summed E-state index contributed by atoms with van der Waals surface area (Å²) in [5, 5.41) is 14.6. The highest BCUT2D eigenvalue weighted by Gasteiger charge is 2.51. The Bertz CT molecular complexity index is 1640. The Balaban J connectivity index is 0.00000387. The Morgan fingerprint density at radius 1 is 1.10 bits per heavy atom. The van der Waals surface area contributed by atoms with Crippen molar-refractivity contribution in [1.82, 2.24) is 4.90 Å². The fourth-order valence-electron chi connectivity index (χ4n) is 5.35. The van der Waals surface area contributed by atoms with E-state index in [-0.39, 0.29) is 47.6 Å². The van der Waals surface area contributed by atoms with Gasteiger partial charge in [-0.15, -0.1) is 12.4 Å². The van der Waals surface area contributed by atoms with Crippen molar-refractivity contribution in [2.24, 2.45) is 0 Å². The summed E-state index contributed by atoms with van der Waals surface area (Å²) in [7, 11) is -3.41. The van der Waals surface area contributed by atoms with Crippen LogP contribution in [-0.2, 0) is 24.2 Å². The lowest BCUT2D eigenvalue weighted by molar-refractivity contribution is -0.151. The molecule has 216 valence electrons. The molecule has 8 nitrogen and oxygen atoms in total. The van der Waals surface area contributed by atoms with Crippen molar-refractivity contribution < 1.29 is 27.9 Å². The molecule has 1 fully saturated rings. The molecule has 0 aromatic heterocycles. The number of carbonyl (C=O) groups excluding carboxylic acids is 2. The van der Waals surface area contributed by atoms with E-state index in [9.17, 15) is 23.1 Å². The lowest BCUT2D eigenvalue weighted by Crippen LogP contribution is -2.51. The number of nitrogens with one attached hydrogen (secondary N) is 1. The molecule has 0 aliphatic carbocycles. The van der Waals surface area contributed by atoms with Crippen molar-refractivity contribution in [1.29, 1.82) is 0 Å². The van der Waals surface area contributed by atoms with Gasteiger partial charge in [0.15, 0.2) is 21.2 Å². The number of amides is 1. The van der Waals surface area contributed by atoms with Gasteiger partial charge in [-0.3, -0.25) is 9.69 Å². The van der Waals surface area contributed by atoms with Crippen LogP contribution in [0.1, 0.15) is 24.0 Å². The first-order valence-electron chi connectivity index (χ1n) is 12.8. The minimum Gasteiger partial charge on any atom is -0.507 e. The molecular weight excluding hydrogens is 587 g/mol. The Kier molecular flexibility index (Phi) is 8.84. The number of para-hydroxylation sites is 1. The predicted molar refractivity (Wildman–Crippen MR) is 161 cm³/mol. The molecule has 1 amide bonds. The topological polar surface area (TPSA) is 113 Å². The van der Waals surface area contributed by atoms with E-state index in [4.69, 9.17) is 16.3 Å². The molecule has 2 aliphatic heterocycles. The van der Waals surface area contributed by atoms with Gasteiger partial charge in [0.25, 0.3) is 0 Å². The van der Waals surface area contributed by atoms with Crippen molar-refractivity contribution in [3.8, 4) is 11.1 Å². The second-order valence-electron chi connectivity index (χ2n) is 10.3. The van der Waals surface area contributed by atoms with Crippen molar-refractivity contribution >= 4 is 57.0 Å². The number of likely N-dealkylation sites (tertiary alicyclic amines) is 1. The number of anilines is 1. The quantitative estimate of drug-likeness (QED) is 0.355. The number of hydrogen-bond donors (Lipinski definition) is 2. The monoisotopic (exact) mass is 616 g/mol. The van der Waals surface area contributed by atoms with E-state index in [1.807, 2.05) is 23.1 Å². The van der Waals surface area contributed by atoms with Gasteiger partial charge in [0.05, 0.1) is 11.4 Å². The van der Waals surface area contributed by atoms with Crippen LogP contribution in [0.2, 0.25) is 5.02 Å². The number of nitrogens with zero attached hydrogens (tertiary/aromatic N) is 1. The normalized spacial score (nSPS) is 19.1.